The minimum absolute atomic E-state index is 0.0160. The first kappa shape index (κ1) is 11.4. The molecule has 0 radical (unpaired) electrons. The van der Waals surface area contributed by atoms with Gasteiger partial charge < -0.3 is 0 Å². The van der Waals surface area contributed by atoms with E-state index in [-0.39, 0.29) is 16.8 Å². The van der Waals surface area contributed by atoms with Crippen molar-refractivity contribution in [3.05, 3.63) is 44.5 Å². The van der Waals surface area contributed by atoms with Gasteiger partial charge in [-0.05, 0) is 0 Å². The van der Waals surface area contributed by atoms with Crippen LogP contribution in [0.1, 0.15) is 0 Å². The Bertz CT molecular complexity index is 844. The molecule has 94 valence electrons. The number of aromatic nitrogens is 2. The first-order valence-corrected chi connectivity index (χ1v) is 5.79. The average Bonchev–Trinajstić information content (AvgIpc) is 2.84. The second-order valence-electron chi connectivity index (χ2n) is 3.74. The number of non-ortho nitro benzene ring substituents is 2. The maximum Gasteiger partial charge on any atom is 0.286 e. The van der Waals surface area contributed by atoms with Crippen molar-refractivity contribution in [3.63, 3.8) is 0 Å². The van der Waals surface area contributed by atoms with Gasteiger partial charge in [-0.1, -0.05) is 12.1 Å². The zero-order valence-electron chi connectivity index (χ0n) is 9.14. The number of rotatable bonds is 2. The minimum Gasteiger partial charge on any atom is -0.258 e. The van der Waals surface area contributed by atoms with Gasteiger partial charge in [-0.25, -0.2) is 0 Å². The molecule has 8 nitrogen and oxygen atoms in total. The Morgan fingerprint density at radius 1 is 1.05 bits per heavy atom. The van der Waals surface area contributed by atoms with E-state index in [0.29, 0.717) is 16.4 Å². The third-order valence-corrected chi connectivity index (χ3v) is 3.28. The molecule has 0 atom stereocenters. The quantitative estimate of drug-likeness (QED) is 0.525. The van der Waals surface area contributed by atoms with E-state index in [1.807, 2.05) is 0 Å². The van der Waals surface area contributed by atoms with Gasteiger partial charge in [-0.2, -0.15) is 8.75 Å². The predicted octanol–water partition coefficient (Wildman–Crippen LogP) is 2.66. The van der Waals surface area contributed by atoms with E-state index in [1.165, 1.54) is 18.2 Å². The van der Waals surface area contributed by atoms with Gasteiger partial charge in [0.15, 0.2) is 0 Å². The van der Waals surface area contributed by atoms with Crippen molar-refractivity contribution in [1.29, 1.82) is 0 Å². The summed E-state index contributed by atoms with van der Waals surface area (Å²) in [4.78, 5) is 20.8. The van der Waals surface area contributed by atoms with Crippen LogP contribution in [0.5, 0.6) is 0 Å². The molecule has 1 heterocycles. The fraction of sp³-hybridized carbons (Fsp3) is 0. The molecule has 0 aliphatic carbocycles. The van der Waals surface area contributed by atoms with Crippen LogP contribution in [0.15, 0.2) is 24.3 Å². The van der Waals surface area contributed by atoms with E-state index in [9.17, 15) is 20.2 Å². The molecule has 3 rings (SSSR count). The highest BCUT2D eigenvalue weighted by atomic mass is 32.1. The summed E-state index contributed by atoms with van der Waals surface area (Å²) in [6.07, 6.45) is 0. The van der Waals surface area contributed by atoms with Crippen LogP contribution < -0.4 is 0 Å². The number of benzene rings is 2. The maximum atomic E-state index is 11.1. The molecule has 19 heavy (non-hydrogen) atoms. The average molecular weight is 276 g/mol. The molecule has 0 saturated carbocycles. The number of nitro groups is 2. The third kappa shape index (κ3) is 1.59. The molecule has 0 aliphatic rings. The summed E-state index contributed by atoms with van der Waals surface area (Å²) in [6.45, 7) is 0. The van der Waals surface area contributed by atoms with Crippen molar-refractivity contribution in [2.75, 3.05) is 0 Å². The lowest BCUT2D eigenvalue weighted by atomic mass is 10.1. The Kier molecular flexibility index (Phi) is 2.35. The molecule has 0 saturated heterocycles. The highest BCUT2D eigenvalue weighted by Gasteiger charge is 2.25. The van der Waals surface area contributed by atoms with Gasteiger partial charge in [0.05, 0.1) is 21.6 Å². The lowest BCUT2D eigenvalue weighted by Gasteiger charge is -2.01. The van der Waals surface area contributed by atoms with Gasteiger partial charge in [-0.3, -0.25) is 20.2 Å². The van der Waals surface area contributed by atoms with Gasteiger partial charge in [0, 0.05) is 17.5 Å². The smallest absolute Gasteiger partial charge is 0.258 e. The summed E-state index contributed by atoms with van der Waals surface area (Å²) in [5.74, 6) is 0. The van der Waals surface area contributed by atoms with Gasteiger partial charge in [-0.15, -0.1) is 0 Å². The van der Waals surface area contributed by atoms with Crippen molar-refractivity contribution < 1.29 is 9.85 Å². The van der Waals surface area contributed by atoms with Gasteiger partial charge in [0.1, 0.15) is 16.4 Å². The molecule has 2 aromatic carbocycles. The second-order valence-corrected chi connectivity index (χ2v) is 4.27. The summed E-state index contributed by atoms with van der Waals surface area (Å²) in [7, 11) is 0. The molecule has 0 amide bonds. The molecule has 3 aromatic rings. The Labute approximate surface area is 108 Å². The molecular formula is C10H4N4O4S. The zero-order valence-corrected chi connectivity index (χ0v) is 9.96. The normalized spacial score (nSPS) is 10.9. The fourth-order valence-electron chi connectivity index (χ4n) is 1.98. The van der Waals surface area contributed by atoms with Crippen LogP contribution >= 0.6 is 11.7 Å². The van der Waals surface area contributed by atoms with Crippen molar-refractivity contribution >= 4 is 44.9 Å². The molecule has 0 aliphatic heterocycles. The first-order chi connectivity index (χ1) is 9.09. The third-order valence-electron chi connectivity index (χ3n) is 2.73. The Morgan fingerprint density at radius 3 is 2.47 bits per heavy atom. The van der Waals surface area contributed by atoms with Gasteiger partial charge in [0.25, 0.3) is 11.4 Å². The van der Waals surface area contributed by atoms with E-state index in [0.717, 1.165) is 11.7 Å². The Hall–Kier alpha value is -2.68. The van der Waals surface area contributed by atoms with Crippen LogP contribution in [0.25, 0.3) is 21.8 Å². The van der Waals surface area contributed by atoms with Crippen molar-refractivity contribution in [1.82, 2.24) is 8.75 Å². The SMILES string of the molecule is O=[N+]([O-])c1cccc2c1c([N+](=O)[O-])cc1nsnc12. The Balaban J connectivity index is 2.61. The second kappa shape index (κ2) is 3.92. The molecule has 9 heteroatoms. The summed E-state index contributed by atoms with van der Waals surface area (Å²) in [5, 5.41) is 22.5. The van der Waals surface area contributed by atoms with E-state index < -0.39 is 9.85 Å². The highest BCUT2D eigenvalue weighted by molar-refractivity contribution is 7.00. The lowest BCUT2D eigenvalue weighted by molar-refractivity contribution is -0.390. The summed E-state index contributed by atoms with van der Waals surface area (Å²) in [5.41, 5.74) is 0.167. The van der Waals surface area contributed by atoms with Crippen LogP contribution in [0.3, 0.4) is 0 Å². The predicted molar refractivity (Wildman–Crippen MR) is 68.2 cm³/mol. The molecule has 0 spiro atoms. The first-order valence-electron chi connectivity index (χ1n) is 5.06. The topological polar surface area (TPSA) is 112 Å². The van der Waals surface area contributed by atoms with Crippen molar-refractivity contribution in [2.45, 2.75) is 0 Å². The van der Waals surface area contributed by atoms with Crippen LogP contribution in [-0.4, -0.2) is 18.6 Å². The van der Waals surface area contributed by atoms with Crippen molar-refractivity contribution in [3.8, 4) is 0 Å². The maximum absolute atomic E-state index is 11.1. The molecular weight excluding hydrogens is 272 g/mol. The largest absolute Gasteiger partial charge is 0.286 e. The van der Waals surface area contributed by atoms with Crippen LogP contribution in [0.2, 0.25) is 0 Å². The number of nitro benzene ring substituents is 2. The summed E-state index contributed by atoms with van der Waals surface area (Å²) < 4.78 is 7.98. The van der Waals surface area contributed by atoms with Crippen molar-refractivity contribution in [2.24, 2.45) is 0 Å². The van der Waals surface area contributed by atoms with Crippen LogP contribution in [-0.2, 0) is 0 Å². The molecule has 1 aromatic heterocycles. The number of fused-ring (bicyclic) bond motifs is 3. The lowest BCUT2D eigenvalue weighted by Crippen LogP contribution is -1.95. The molecule has 0 fully saturated rings. The van der Waals surface area contributed by atoms with Crippen LogP contribution in [0, 0.1) is 20.2 Å². The van der Waals surface area contributed by atoms with Gasteiger partial charge >= 0.3 is 0 Å². The molecule has 0 bridgehead atoms. The zero-order chi connectivity index (χ0) is 13.6. The molecule has 0 unspecified atom stereocenters. The molecule has 0 N–H and O–H groups in total. The summed E-state index contributed by atoms with van der Waals surface area (Å²) >= 11 is 0.910. The number of nitrogens with zero attached hydrogens (tertiary/aromatic N) is 4. The minimum atomic E-state index is -0.645. The standard InChI is InChI=1S/C10H4N4O4S/c15-13(16)7-3-1-2-5-9(7)8(14(17)18)4-6-10(5)12-19-11-6/h1-4H. The Morgan fingerprint density at radius 2 is 1.79 bits per heavy atom. The number of hydrogen-bond acceptors (Lipinski definition) is 7. The van der Waals surface area contributed by atoms with Crippen LogP contribution in [0.4, 0.5) is 11.4 Å². The van der Waals surface area contributed by atoms with Gasteiger partial charge in [0.2, 0.25) is 0 Å². The van der Waals surface area contributed by atoms with E-state index >= 15 is 0 Å². The van der Waals surface area contributed by atoms with E-state index in [2.05, 4.69) is 8.75 Å². The highest BCUT2D eigenvalue weighted by Crippen LogP contribution is 2.37. The summed E-state index contributed by atoms with van der Waals surface area (Å²) in [6, 6.07) is 5.50. The van der Waals surface area contributed by atoms with E-state index in [1.54, 1.807) is 6.07 Å². The monoisotopic (exact) mass is 276 g/mol. The number of hydrogen-bond donors (Lipinski definition) is 0. The fourth-order valence-corrected chi connectivity index (χ4v) is 2.52. The van der Waals surface area contributed by atoms with E-state index in [4.69, 9.17) is 0 Å².